The molecule has 1 aliphatic rings. The van der Waals surface area contributed by atoms with Crippen molar-refractivity contribution in [1.82, 2.24) is 0 Å². The number of rotatable bonds is 2. The first-order chi connectivity index (χ1) is 9.79. The van der Waals surface area contributed by atoms with Gasteiger partial charge in [-0.15, -0.1) is 0 Å². The molecule has 1 atom stereocenters. The van der Waals surface area contributed by atoms with Gasteiger partial charge in [-0.2, -0.15) is 5.26 Å². The minimum absolute atomic E-state index is 0.0131. The number of nitriles is 1. The summed E-state index contributed by atoms with van der Waals surface area (Å²) in [5.74, 6) is -0.315. The van der Waals surface area contributed by atoms with Crippen molar-refractivity contribution in [1.29, 1.82) is 5.26 Å². The largest absolute Gasteiger partial charge is 0.308 e. The Morgan fingerprint density at radius 2 is 1.80 bits per heavy atom. The molecule has 0 saturated carbocycles. The lowest BCUT2D eigenvalue weighted by atomic mass is 9.90. The van der Waals surface area contributed by atoms with Crippen LogP contribution in [0.25, 0.3) is 0 Å². The zero-order chi connectivity index (χ0) is 13.9. The van der Waals surface area contributed by atoms with Gasteiger partial charge in [0.15, 0.2) is 0 Å². The van der Waals surface area contributed by atoms with Crippen LogP contribution in [0.2, 0.25) is 0 Å². The van der Waals surface area contributed by atoms with Crippen molar-refractivity contribution in [2.24, 2.45) is 0 Å². The second-order valence-corrected chi connectivity index (χ2v) is 4.91. The zero-order valence-electron chi connectivity index (χ0n) is 11.0. The number of hydrogen-bond acceptors (Lipinski definition) is 2. The summed E-state index contributed by atoms with van der Waals surface area (Å²) in [5, 5.41) is 9.21. The molecule has 3 heteroatoms. The van der Waals surface area contributed by atoms with Crippen LogP contribution < -0.4 is 4.90 Å². The van der Waals surface area contributed by atoms with Crippen LogP contribution in [0, 0.1) is 11.3 Å². The lowest BCUT2D eigenvalue weighted by Gasteiger charge is -2.31. The van der Waals surface area contributed by atoms with Crippen LogP contribution in [0.1, 0.15) is 23.5 Å². The number of anilines is 1. The first-order valence-electron chi connectivity index (χ1n) is 6.62. The standard InChI is InChI=1S/C17H14N2O/c18-11-14-10-17(20)19(12-13-6-2-1-3-7-13)16-9-5-4-8-15(14)16/h1-9,14H,10,12H2. The summed E-state index contributed by atoms with van der Waals surface area (Å²) in [6.07, 6.45) is 0.264. The number of benzene rings is 2. The smallest absolute Gasteiger partial charge is 0.228 e. The van der Waals surface area contributed by atoms with Gasteiger partial charge in [-0.1, -0.05) is 48.5 Å². The molecule has 1 amide bonds. The van der Waals surface area contributed by atoms with Crippen LogP contribution in [0.4, 0.5) is 5.69 Å². The van der Waals surface area contributed by atoms with E-state index in [4.69, 9.17) is 0 Å². The lowest BCUT2D eigenvalue weighted by Crippen LogP contribution is -2.35. The molecule has 20 heavy (non-hydrogen) atoms. The number of carbonyl (C=O) groups is 1. The summed E-state index contributed by atoms with van der Waals surface area (Å²) in [4.78, 5) is 14.1. The normalized spacial score (nSPS) is 17.4. The molecular formula is C17H14N2O. The van der Waals surface area contributed by atoms with Gasteiger partial charge in [0.25, 0.3) is 0 Å². The fourth-order valence-electron chi connectivity index (χ4n) is 2.61. The van der Waals surface area contributed by atoms with Crippen LogP contribution >= 0.6 is 0 Å². The van der Waals surface area contributed by atoms with E-state index in [1.54, 1.807) is 4.90 Å². The SMILES string of the molecule is N#CC1CC(=O)N(Cc2ccccc2)c2ccccc21. The van der Waals surface area contributed by atoms with E-state index in [-0.39, 0.29) is 18.2 Å². The third-order valence-corrected chi connectivity index (χ3v) is 3.62. The summed E-state index contributed by atoms with van der Waals surface area (Å²) < 4.78 is 0. The van der Waals surface area contributed by atoms with Gasteiger partial charge in [0.1, 0.15) is 0 Å². The Labute approximate surface area is 118 Å². The van der Waals surface area contributed by atoms with Crippen molar-refractivity contribution in [3.63, 3.8) is 0 Å². The Bertz CT molecular complexity index is 673. The highest BCUT2D eigenvalue weighted by Crippen LogP contribution is 2.36. The summed E-state index contributed by atoms with van der Waals surface area (Å²) >= 11 is 0. The second-order valence-electron chi connectivity index (χ2n) is 4.91. The van der Waals surface area contributed by atoms with Crippen LogP contribution in [0.5, 0.6) is 0 Å². The van der Waals surface area contributed by atoms with E-state index in [2.05, 4.69) is 6.07 Å². The predicted molar refractivity (Wildman–Crippen MR) is 77.0 cm³/mol. The van der Waals surface area contributed by atoms with E-state index < -0.39 is 0 Å². The Balaban J connectivity index is 1.99. The molecule has 0 saturated heterocycles. The van der Waals surface area contributed by atoms with Crippen molar-refractivity contribution < 1.29 is 4.79 Å². The molecule has 0 aliphatic carbocycles. The average molecular weight is 262 g/mol. The molecule has 2 aromatic carbocycles. The maximum Gasteiger partial charge on any atom is 0.228 e. The molecule has 1 heterocycles. The maximum atomic E-state index is 12.3. The third-order valence-electron chi connectivity index (χ3n) is 3.62. The predicted octanol–water partition coefficient (Wildman–Crippen LogP) is 3.23. The molecule has 0 bridgehead atoms. The summed E-state index contributed by atoms with van der Waals surface area (Å²) in [5.41, 5.74) is 2.90. The van der Waals surface area contributed by atoms with E-state index in [0.717, 1.165) is 16.8 Å². The summed E-state index contributed by atoms with van der Waals surface area (Å²) in [6, 6.07) is 19.8. The Morgan fingerprint density at radius 1 is 1.10 bits per heavy atom. The number of amides is 1. The molecule has 0 N–H and O–H groups in total. The van der Waals surface area contributed by atoms with Gasteiger partial charge in [-0.25, -0.2) is 0 Å². The molecule has 0 aromatic heterocycles. The highest BCUT2D eigenvalue weighted by molar-refractivity contribution is 5.97. The minimum Gasteiger partial charge on any atom is -0.308 e. The van der Waals surface area contributed by atoms with Crippen LogP contribution in [-0.4, -0.2) is 5.91 Å². The average Bonchev–Trinajstić information content (AvgIpc) is 2.51. The van der Waals surface area contributed by atoms with Crippen LogP contribution in [0.3, 0.4) is 0 Å². The van der Waals surface area contributed by atoms with Gasteiger partial charge in [-0.3, -0.25) is 4.79 Å². The van der Waals surface area contributed by atoms with E-state index in [1.165, 1.54) is 0 Å². The second kappa shape index (κ2) is 5.18. The van der Waals surface area contributed by atoms with E-state index in [1.807, 2.05) is 54.6 Å². The van der Waals surface area contributed by atoms with Gasteiger partial charge in [0.2, 0.25) is 5.91 Å². The number of carbonyl (C=O) groups excluding carboxylic acids is 1. The quantitative estimate of drug-likeness (QED) is 0.834. The molecule has 2 aromatic rings. The van der Waals surface area contributed by atoms with Gasteiger partial charge in [0.05, 0.1) is 18.5 Å². The van der Waals surface area contributed by atoms with Crippen LogP contribution in [0.15, 0.2) is 54.6 Å². The van der Waals surface area contributed by atoms with Crippen molar-refractivity contribution in [3.8, 4) is 6.07 Å². The van der Waals surface area contributed by atoms with Gasteiger partial charge >= 0.3 is 0 Å². The summed E-state index contributed by atoms with van der Waals surface area (Å²) in [6.45, 7) is 0.550. The van der Waals surface area contributed by atoms with Crippen LogP contribution in [-0.2, 0) is 11.3 Å². The molecule has 1 unspecified atom stereocenters. The highest BCUT2D eigenvalue weighted by Gasteiger charge is 2.30. The topological polar surface area (TPSA) is 44.1 Å². The lowest BCUT2D eigenvalue weighted by molar-refractivity contribution is -0.119. The Kier molecular flexibility index (Phi) is 3.22. The molecule has 1 aliphatic heterocycles. The number of nitrogens with zero attached hydrogens (tertiary/aromatic N) is 2. The van der Waals surface area contributed by atoms with Gasteiger partial charge < -0.3 is 4.90 Å². The summed E-state index contributed by atoms with van der Waals surface area (Å²) in [7, 11) is 0. The number of hydrogen-bond donors (Lipinski definition) is 0. The molecule has 0 radical (unpaired) electrons. The monoisotopic (exact) mass is 262 g/mol. The Morgan fingerprint density at radius 3 is 2.55 bits per heavy atom. The third kappa shape index (κ3) is 2.17. The maximum absolute atomic E-state index is 12.3. The van der Waals surface area contributed by atoms with Crippen molar-refractivity contribution in [2.45, 2.75) is 18.9 Å². The molecule has 0 spiro atoms. The van der Waals surface area contributed by atoms with E-state index in [9.17, 15) is 10.1 Å². The fourth-order valence-corrected chi connectivity index (χ4v) is 2.61. The van der Waals surface area contributed by atoms with Gasteiger partial charge in [0, 0.05) is 12.1 Å². The zero-order valence-corrected chi connectivity index (χ0v) is 11.0. The van der Waals surface area contributed by atoms with E-state index >= 15 is 0 Å². The molecule has 3 rings (SSSR count). The van der Waals surface area contributed by atoms with E-state index in [0.29, 0.717) is 6.54 Å². The minimum atomic E-state index is -0.328. The van der Waals surface area contributed by atoms with Crippen molar-refractivity contribution in [2.75, 3.05) is 4.90 Å². The number of para-hydroxylation sites is 1. The first kappa shape index (κ1) is 12.4. The molecule has 3 nitrogen and oxygen atoms in total. The van der Waals surface area contributed by atoms with Crippen molar-refractivity contribution >= 4 is 11.6 Å². The molecular weight excluding hydrogens is 248 g/mol. The Hall–Kier alpha value is -2.60. The fraction of sp³-hybridized carbons (Fsp3) is 0.176. The van der Waals surface area contributed by atoms with Crippen molar-refractivity contribution in [3.05, 3.63) is 65.7 Å². The first-order valence-corrected chi connectivity index (χ1v) is 6.62. The molecule has 98 valence electrons. The highest BCUT2D eigenvalue weighted by atomic mass is 16.2. The molecule has 0 fully saturated rings. The number of fused-ring (bicyclic) bond motifs is 1. The van der Waals surface area contributed by atoms with Gasteiger partial charge in [-0.05, 0) is 17.2 Å².